The molecule has 0 saturated heterocycles. The van der Waals surface area contributed by atoms with Crippen LogP contribution in [0.2, 0.25) is 0 Å². The average molecular weight is 498 g/mol. The topological polar surface area (TPSA) is 115 Å². The molecule has 0 unspecified atom stereocenters. The monoisotopic (exact) mass is 497 g/mol. The molecule has 1 aliphatic rings. The number of nitrogens with zero attached hydrogens (tertiary/aromatic N) is 3. The van der Waals surface area contributed by atoms with E-state index in [9.17, 15) is 14.4 Å². The highest BCUT2D eigenvalue weighted by Gasteiger charge is 2.25. The van der Waals surface area contributed by atoms with Gasteiger partial charge in [0.2, 0.25) is 0 Å². The highest BCUT2D eigenvalue weighted by molar-refractivity contribution is 6.06. The van der Waals surface area contributed by atoms with Gasteiger partial charge in [-0.1, -0.05) is 42.5 Å². The number of carbonyl (C=O) groups excluding carboxylic acids is 3. The van der Waals surface area contributed by atoms with Crippen LogP contribution in [0.1, 0.15) is 53.4 Å². The second kappa shape index (κ2) is 10.2. The van der Waals surface area contributed by atoms with Gasteiger partial charge in [0.15, 0.2) is 12.3 Å². The van der Waals surface area contributed by atoms with Gasteiger partial charge in [-0.2, -0.15) is 5.10 Å². The van der Waals surface area contributed by atoms with Crippen molar-refractivity contribution in [3.05, 3.63) is 78.0 Å². The van der Waals surface area contributed by atoms with Crippen molar-refractivity contribution in [1.29, 1.82) is 0 Å². The molecule has 37 heavy (non-hydrogen) atoms. The summed E-state index contributed by atoms with van der Waals surface area (Å²) < 4.78 is 7.13. The summed E-state index contributed by atoms with van der Waals surface area (Å²) in [4.78, 5) is 43.1. The molecule has 2 aromatic carbocycles. The van der Waals surface area contributed by atoms with Crippen LogP contribution in [-0.2, 0) is 9.53 Å². The van der Waals surface area contributed by atoms with Crippen molar-refractivity contribution < 1.29 is 19.1 Å². The lowest BCUT2D eigenvalue weighted by atomic mass is 10.1. The number of hydrogen-bond donors (Lipinski definition) is 2. The Kier molecular flexibility index (Phi) is 6.68. The number of amides is 2. The highest BCUT2D eigenvalue weighted by atomic mass is 16.5. The summed E-state index contributed by atoms with van der Waals surface area (Å²) in [6.45, 7) is 3.45. The van der Waals surface area contributed by atoms with Gasteiger partial charge in [-0.15, -0.1) is 0 Å². The molecule has 2 heterocycles. The Bertz CT molecular complexity index is 1470. The number of fused-ring (bicyclic) bond motifs is 1. The number of pyridine rings is 1. The minimum atomic E-state index is -0.664. The fraction of sp³-hybridized carbons (Fsp3) is 0.250. The van der Waals surface area contributed by atoms with Crippen molar-refractivity contribution in [3.63, 3.8) is 0 Å². The van der Waals surface area contributed by atoms with E-state index < -0.39 is 18.5 Å². The second-order valence-corrected chi connectivity index (χ2v) is 9.26. The smallest absolute Gasteiger partial charge is 0.339 e. The maximum atomic E-state index is 13.2. The molecule has 2 amide bonds. The van der Waals surface area contributed by atoms with Gasteiger partial charge in [-0.05, 0) is 44.9 Å². The number of hydrogen-bond acceptors (Lipinski definition) is 6. The first-order valence-corrected chi connectivity index (χ1v) is 12.2. The Balaban J connectivity index is 1.35. The Morgan fingerprint density at radius 3 is 2.49 bits per heavy atom. The molecule has 2 aromatic heterocycles. The fourth-order valence-electron chi connectivity index (χ4n) is 4.00. The van der Waals surface area contributed by atoms with Crippen molar-refractivity contribution in [2.75, 3.05) is 11.9 Å². The minimum absolute atomic E-state index is 0.0304. The normalized spacial score (nSPS) is 12.9. The first-order chi connectivity index (χ1) is 17.9. The van der Waals surface area contributed by atoms with Crippen LogP contribution in [0, 0.1) is 0 Å². The van der Waals surface area contributed by atoms with E-state index in [2.05, 4.69) is 15.7 Å². The molecule has 1 saturated carbocycles. The number of esters is 1. The lowest BCUT2D eigenvalue weighted by Crippen LogP contribution is -2.28. The molecule has 0 radical (unpaired) electrons. The molecule has 9 nitrogen and oxygen atoms in total. The first kappa shape index (κ1) is 24.2. The Morgan fingerprint density at radius 1 is 1.03 bits per heavy atom. The number of anilines is 1. The third-order valence-corrected chi connectivity index (χ3v) is 6.04. The molecule has 5 rings (SSSR count). The molecular formula is C28H27N5O4. The molecule has 1 aliphatic carbocycles. The van der Waals surface area contributed by atoms with E-state index in [1.807, 2.05) is 44.2 Å². The number of rotatable bonds is 8. The van der Waals surface area contributed by atoms with Gasteiger partial charge in [-0.3, -0.25) is 9.59 Å². The number of para-hydroxylation sites is 1. The summed E-state index contributed by atoms with van der Waals surface area (Å²) in [6, 6.07) is 18.1. The van der Waals surface area contributed by atoms with Crippen LogP contribution >= 0.6 is 0 Å². The van der Waals surface area contributed by atoms with E-state index in [4.69, 9.17) is 9.72 Å². The van der Waals surface area contributed by atoms with Crippen LogP contribution in [0.25, 0.3) is 22.3 Å². The van der Waals surface area contributed by atoms with Crippen molar-refractivity contribution >= 4 is 34.5 Å². The van der Waals surface area contributed by atoms with Gasteiger partial charge < -0.3 is 15.4 Å². The molecule has 2 N–H and O–H groups in total. The van der Waals surface area contributed by atoms with E-state index in [0.29, 0.717) is 28.0 Å². The van der Waals surface area contributed by atoms with Crippen molar-refractivity contribution in [2.45, 2.75) is 38.8 Å². The van der Waals surface area contributed by atoms with Gasteiger partial charge in [0.25, 0.3) is 11.8 Å². The lowest BCUT2D eigenvalue weighted by molar-refractivity contribution is -0.119. The van der Waals surface area contributed by atoms with Crippen molar-refractivity contribution in [1.82, 2.24) is 20.1 Å². The summed E-state index contributed by atoms with van der Waals surface area (Å²) >= 11 is 0. The summed E-state index contributed by atoms with van der Waals surface area (Å²) in [5.74, 6) is -1.46. The van der Waals surface area contributed by atoms with E-state index in [1.165, 1.54) is 0 Å². The van der Waals surface area contributed by atoms with Gasteiger partial charge in [0.1, 0.15) is 0 Å². The fourth-order valence-corrected chi connectivity index (χ4v) is 4.00. The Labute approximate surface area is 213 Å². The third-order valence-electron chi connectivity index (χ3n) is 6.04. The van der Waals surface area contributed by atoms with Gasteiger partial charge in [-0.25, -0.2) is 14.5 Å². The maximum absolute atomic E-state index is 13.2. The molecule has 9 heteroatoms. The molecule has 1 fully saturated rings. The van der Waals surface area contributed by atoms with Crippen LogP contribution in [0.15, 0.2) is 66.9 Å². The molecule has 0 bridgehead atoms. The van der Waals surface area contributed by atoms with Crippen LogP contribution in [0.5, 0.6) is 0 Å². The summed E-state index contributed by atoms with van der Waals surface area (Å²) in [5, 5.41) is 10.5. The summed E-state index contributed by atoms with van der Waals surface area (Å²) in [5.41, 5.74) is 2.99. The third kappa shape index (κ3) is 5.35. The lowest BCUT2D eigenvalue weighted by Gasteiger charge is -2.12. The number of nitrogens with one attached hydrogen (secondary N) is 2. The van der Waals surface area contributed by atoms with Gasteiger partial charge in [0, 0.05) is 17.6 Å². The highest BCUT2D eigenvalue weighted by Crippen LogP contribution is 2.27. The number of aromatic nitrogens is 3. The van der Waals surface area contributed by atoms with E-state index >= 15 is 0 Å². The SMILES string of the molecule is CC(C)n1ncc2c(C(=O)OCC(=O)Nc3ccccc3C(=O)NC3CC3)cc(-c3ccccc3)nc21. The van der Waals surface area contributed by atoms with Crippen molar-refractivity contribution in [2.24, 2.45) is 0 Å². The van der Waals surface area contributed by atoms with Gasteiger partial charge in [0.05, 0.1) is 34.1 Å². The number of benzene rings is 2. The first-order valence-electron chi connectivity index (χ1n) is 12.2. The minimum Gasteiger partial charge on any atom is -0.452 e. The quantitative estimate of drug-likeness (QED) is 0.350. The van der Waals surface area contributed by atoms with E-state index in [-0.39, 0.29) is 23.6 Å². The predicted octanol–water partition coefficient (Wildman–Crippen LogP) is 4.37. The summed E-state index contributed by atoms with van der Waals surface area (Å²) in [7, 11) is 0. The van der Waals surface area contributed by atoms with E-state index in [1.54, 1.807) is 41.2 Å². The zero-order valence-corrected chi connectivity index (χ0v) is 20.6. The molecule has 0 aliphatic heterocycles. The zero-order chi connectivity index (χ0) is 25.9. The largest absolute Gasteiger partial charge is 0.452 e. The predicted molar refractivity (Wildman–Crippen MR) is 139 cm³/mol. The molecule has 0 spiro atoms. The summed E-state index contributed by atoms with van der Waals surface area (Å²) in [6.07, 6.45) is 3.50. The standard InChI is InChI=1S/C28H27N5O4/c1-17(2)33-26-22(15-29-33)21(14-24(32-26)18-8-4-3-5-9-18)28(36)37-16-25(34)31-23-11-7-6-10-20(23)27(35)30-19-12-13-19/h3-11,14-15,17,19H,12-13,16H2,1-2H3,(H,30,35)(H,31,34). The molecule has 188 valence electrons. The number of ether oxygens (including phenoxy) is 1. The van der Waals surface area contributed by atoms with Gasteiger partial charge >= 0.3 is 5.97 Å². The number of carbonyl (C=O) groups is 3. The van der Waals surface area contributed by atoms with E-state index in [0.717, 1.165) is 18.4 Å². The second-order valence-electron chi connectivity index (χ2n) is 9.26. The van der Waals surface area contributed by atoms with Crippen LogP contribution < -0.4 is 10.6 Å². The van der Waals surface area contributed by atoms with Crippen LogP contribution in [0.3, 0.4) is 0 Å². The Morgan fingerprint density at radius 2 is 1.76 bits per heavy atom. The molecular weight excluding hydrogens is 470 g/mol. The average Bonchev–Trinajstić information content (AvgIpc) is 3.61. The molecule has 4 aromatic rings. The Hall–Kier alpha value is -4.53. The zero-order valence-electron chi connectivity index (χ0n) is 20.6. The van der Waals surface area contributed by atoms with Crippen molar-refractivity contribution in [3.8, 4) is 11.3 Å². The van der Waals surface area contributed by atoms with Crippen LogP contribution in [-0.4, -0.2) is 45.2 Å². The maximum Gasteiger partial charge on any atom is 0.339 e. The molecule has 0 atom stereocenters. The van der Waals surface area contributed by atoms with Crippen LogP contribution in [0.4, 0.5) is 5.69 Å².